The van der Waals surface area contributed by atoms with Crippen molar-refractivity contribution in [2.45, 2.75) is 63.3 Å². The van der Waals surface area contributed by atoms with Crippen LogP contribution in [0.15, 0.2) is 36.4 Å². The van der Waals surface area contributed by atoms with Gasteiger partial charge in [0, 0.05) is 23.6 Å². The number of thiophene rings is 1. The second kappa shape index (κ2) is 11.9. The molecule has 5 atom stereocenters. The van der Waals surface area contributed by atoms with E-state index in [1.165, 1.54) is 11.3 Å². The minimum absolute atomic E-state index is 0.101. The van der Waals surface area contributed by atoms with Crippen molar-refractivity contribution in [3.63, 3.8) is 0 Å². The summed E-state index contributed by atoms with van der Waals surface area (Å²) in [6.45, 7) is 0. The highest BCUT2D eigenvalue weighted by Gasteiger charge is 2.39. The van der Waals surface area contributed by atoms with E-state index < -0.39 is 18.3 Å². The third-order valence-corrected chi connectivity index (χ3v) is 6.35. The Hall–Kier alpha value is -1.98. The Labute approximate surface area is 176 Å². The molecule has 0 spiro atoms. The lowest BCUT2D eigenvalue weighted by Crippen LogP contribution is -2.20. The van der Waals surface area contributed by atoms with Gasteiger partial charge < -0.3 is 21.1 Å². The maximum absolute atomic E-state index is 10.7. The number of nitrogens with zero attached hydrogens (tertiary/aromatic N) is 1. The zero-order valence-corrected chi connectivity index (χ0v) is 17.3. The van der Waals surface area contributed by atoms with Gasteiger partial charge in [-0.25, -0.2) is 0 Å². The van der Waals surface area contributed by atoms with Crippen LogP contribution in [-0.4, -0.2) is 39.5 Å². The van der Waals surface area contributed by atoms with Gasteiger partial charge in [-0.3, -0.25) is 4.79 Å². The Morgan fingerprint density at radius 3 is 2.83 bits per heavy atom. The van der Waals surface area contributed by atoms with E-state index in [9.17, 15) is 20.1 Å². The first-order chi connectivity index (χ1) is 13.9. The van der Waals surface area contributed by atoms with Crippen LogP contribution < -0.4 is 5.73 Å². The van der Waals surface area contributed by atoms with E-state index in [2.05, 4.69) is 6.07 Å². The van der Waals surface area contributed by atoms with Crippen LogP contribution in [0, 0.1) is 23.2 Å². The van der Waals surface area contributed by atoms with Crippen molar-refractivity contribution < 1.29 is 20.1 Å². The third-order valence-electron chi connectivity index (χ3n) is 5.30. The molecule has 158 valence electrons. The number of primary amides is 1. The Balaban J connectivity index is 1.82. The summed E-state index contributed by atoms with van der Waals surface area (Å²) in [6.07, 6.45) is 9.65. The highest BCUT2D eigenvalue weighted by molar-refractivity contribution is 7.12. The van der Waals surface area contributed by atoms with Crippen LogP contribution in [0.3, 0.4) is 0 Å². The summed E-state index contributed by atoms with van der Waals surface area (Å²) in [4.78, 5) is 12.5. The number of hydrogen-bond donors (Lipinski definition) is 4. The van der Waals surface area contributed by atoms with Gasteiger partial charge in [-0.15, -0.1) is 11.3 Å². The van der Waals surface area contributed by atoms with E-state index in [1.54, 1.807) is 12.1 Å². The van der Waals surface area contributed by atoms with Crippen LogP contribution in [0.1, 0.15) is 48.3 Å². The van der Waals surface area contributed by atoms with Crippen molar-refractivity contribution in [2.24, 2.45) is 17.6 Å². The largest absolute Gasteiger partial charge is 0.393 e. The van der Waals surface area contributed by atoms with Crippen molar-refractivity contribution in [2.75, 3.05) is 0 Å². The minimum Gasteiger partial charge on any atom is -0.393 e. The van der Waals surface area contributed by atoms with Crippen LogP contribution in [0.25, 0.3) is 0 Å². The average molecular weight is 419 g/mol. The molecule has 1 aliphatic rings. The maximum Gasteiger partial charge on any atom is 0.217 e. The molecule has 1 amide bonds. The predicted octanol–water partition coefficient (Wildman–Crippen LogP) is 2.43. The highest BCUT2D eigenvalue weighted by Crippen LogP contribution is 2.36. The van der Waals surface area contributed by atoms with Gasteiger partial charge in [0.1, 0.15) is 10.9 Å². The first-order valence-corrected chi connectivity index (χ1v) is 10.9. The number of nitrogens with two attached hydrogens (primary N) is 1. The molecule has 0 radical (unpaired) electrons. The standard InChI is InChI=1S/C22H30N2O4S/c23-14-17-11-10-16(29-17)9-7-15(25)8-12-19-18(20(26)13-21(19)27)5-3-1-2-4-6-22(24)28/h1,3,8,10-12,15,18-21,25-27H,2,4-7,9,13H2,(H2,24,28)/t15?,18-,19-,20?,21?/m1/s1. The molecule has 5 N–H and O–H groups in total. The summed E-state index contributed by atoms with van der Waals surface area (Å²) in [5, 5.41) is 39.7. The van der Waals surface area contributed by atoms with E-state index >= 15 is 0 Å². The van der Waals surface area contributed by atoms with E-state index in [4.69, 9.17) is 11.0 Å². The molecule has 2 rings (SSSR count). The molecule has 1 fully saturated rings. The molecule has 1 aliphatic carbocycles. The SMILES string of the molecule is N#Cc1ccc(CCC(O)C=C[C@H]2C(O)CC(O)[C@@H]2CC=CCCCC(N)=O)s1. The lowest BCUT2D eigenvalue weighted by Gasteiger charge is -2.19. The topological polar surface area (TPSA) is 128 Å². The maximum atomic E-state index is 10.7. The highest BCUT2D eigenvalue weighted by atomic mass is 32.1. The lowest BCUT2D eigenvalue weighted by atomic mass is 9.89. The normalized spacial score (nSPS) is 25.6. The number of nitriles is 1. The molecular formula is C22H30N2O4S. The van der Waals surface area contributed by atoms with E-state index in [-0.39, 0.29) is 17.7 Å². The smallest absolute Gasteiger partial charge is 0.217 e. The molecule has 1 heterocycles. The number of hydrogen-bond acceptors (Lipinski definition) is 6. The first kappa shape index (κ1) is 23.3. The fraction of sp³-hybridized carbons (Fsp3) is 0.545. The monoisotopic (exact) mass is 418 g/mol. The summed E-state index contributed by atoms with van der Waals surface area (Å²) in [5.74, 6) is -0.612. The number of aryl methyl sites for hydroxylation is 1. The van der Waals surface area contributed by atoms with Crippen LogP contribution >= 0.6 is 11.3 Å². The molecule has 0 saturated heterocycles. The van der Waals surface area contributed by atoms with Gasteiger partial charge in [0.05, 0.1) is 18.3 Å². The van der Waals surface area contributed by atoms with Crippen LogP contribution in [0.2, 0.25) is 0 Å². The van der Waals surface area contributed by atoms with E-state index in [1.807, 2.05) is 24.3 Å². The fourth-order valence-corrected chi connectivity index (χ4v) is 4.51. The Bertz CT molecular complexity index is 752. The first-order valence-electron chi connectivity index (χ1n) is 10.0. The van der Waals surface area contributed by atoms with Crippen molar-refractivity contribution >= 4 is 17.2 Å². The average Bonchev–Trinajstić information content (AvgIpc) is 3.25. The van der Waals surface area contributed by atoms with E-state index in [0.717, 1.165) is 11.3 Å². The Kier molecular flexibility index (Phi) is 9.55. The second-order valence-electron chi connectivity index (χ2n) is 7.55. The summed E-state index contributed by atoms with van der Waals surface area (Å²) in [5.41, 5.74) is 5.11. The molecule has 29 heavy (non-hydrogen) atoms. The van der Waals surface area contributed by atoms with Crippen molar-refractivity contribution in [1.82, 2.24) is 0 Å². The minimum atomic E-state index is -0.641. The quantitative estimate of drug-likeness (QED) is 0.324. The summed E-state index contributed by atoms with van der Waals surface area (Å²) in [6, 6.07) is 5.80. The molecule has 0 aliphatic heterocycles. The zero-order chi connectivity index (χ0) is 21.2. The van der Waals surface area contributed by atoms with Gasteiger partial charge in [-0.2, -0.15) is 5.26 Å². The van der Waals surface area contributed by atoms with Crippen LogP contribution in [0.4, 0.5) is 0 Å². The second-order valence-corrected chi connectivity index (χ2v) is 8.71. The fourth-order valence-electron chi connectivity index (χ4n) is 3.69. The van der Waals surface area contributed by atoms with Gasteiger partial charge in [0.15, 0.2) is 0 Å². The number of unbranched alkanes of at least 4 members (excludes halogenated alkanes) is 1. The number of amides is 1. The van der Waals surface area contributed by atoms with Crippen LogP contribution in [-0.2, 0) is 11.2 Å². The Morgan fingerprint density at radius 1 is 1.34 bits per heavy atom. The van der Waals surface area contributed by atoms with Gasteiger partial charge in [0.25, 0.3) is 0 Å². The molecule has 6 nitrogen and oxygen atoms in total. The van der Waals surface area contributed by atoms with E-state index in [0.29, 0.717) is 43.4 Å². The summed E-state index contributed by atoms with van der Waals surface area (Å²) < 4.78 is 0. The van der Waals surface area contributed by atoms with Crippen molar-refractivity contribution in [1.29, 1.82) is 5.26 Å². The summed E-state index contributed by atoms with van der Waals surface area (Å²) in [7, 11) is 0. The number of aliphatic hydroxyl groups is 3. The molecule has 3 unspecified atom stereocenters. The zero-order valence-electron chi connectivity index (χ0n) is 16.5. The molecule has 7 heteroatoms. The van der Waals surface area contributed by atoms with Crippen LogP contribution in [0.5, 0.6) is 0 Å². The number of aliphatic hydroxyl groups excluding tert-OH is 3. The third kappa shape index (κ3) is 7.75. The number of rotatable bonds is 11. The molecule has 0 aromatic carbocycles. The number of allylic oxidation sites excluding steroid dienone is 2. The molecule has 1 saturated carbocycles. The van der Waals surface area contributed by atoms with Crippen molar-refractivity contribution in [3.05, 3.63) is 46.2 Å². The van der Waals surface area contributed by atoms with Gasteiger partial charge in [-0.1, -0.05) is 24.3 Å². The van der Waals surface area contributed by atoms with Gasteiger partial charge in [0.2, 0.25) is 5.91 Å². The predicted molar refractivity (Wildman–Crippen MR) is 113 cm³/mol. The lowest BCUT2D eigenvalue weighted by molar-refractivity contribution is -0.118. The van der Waals surface area contributed by atoms with Gasteiger partial charge >= 0.3 is 0 Å². The number of carbonyl (C=O) groups is 1. The molecule has 1 aromatic rings. The van der Waals surface area contributed by atoms with Gasteiger partial charge in [-0.05, 0) is 50.2 Å². The summed E-state index contributed by atoms with van der Waals surface area (Å²) >= 11 is 1.43. The van der Waals surface area contributed by atoms with Crippen molar-refractivity contribution in [3.8, 4) is 6.07 Å². The Morgan fingerprint density at radius 2 is 2.14 bits per heavy atom. The molecular weight excluding hydrogens is 388 g/mol. The molecule has 1 aromatic heterocycles. The number of carbonyl (C=O) groups excluding carboxylic acids is 1. The molecule has 0 bridgehead atoms.